The standard InChI is InChI=1S/C16H22N2O4S/c1-12-7-8-14(13(2)10-12)23(21,22)17-15(19)11-18-9-5-3-4-6-16(18)20/h7-8,10H,3-6,9,11H2,1-2H3,(H,17,19). The number of nitrogens with zero attached hydrogens (tertiary/aromatic N) is 1. The fourth-order valence-electron chi connectivity index (χ4n) is 2.72. The Hall–Kier alpha value is -1.89. The summed E-state index contributed by atoms with van der Waals surface area (Å²) in [5.41, 5.74) is 1.53. The molecule has 1 aromatic rings. The fraction of sp³-hybridized carbons (Fsp3) is 0.500. The number of likely N-dealkylation sites (tertiary alicyclic amines) is 1. The largest absolute Gasteiger partial charge is 0.333 e. The van der Waals surface area contributed by atoms with E-state index in [0.717, 1.165) is 24.8 Å². The van der Waals surface area contributed by atoms with Crippen LogP contribution in [0.1, 0.15) is 36.8 Å². The van der Waals surface area contributed by atoms with Gasteiger partial charge in [-0.25, -0.2) is 13.1 Å². The first-order valence-corrected chi connectivity index (χ1v) is 9.18. The van der Waals surface area contributed by atoms with E-state index in [4.69, 9.17) is 0 Å². The van der Waals surface area contributed by atoms with Crippen molar-refractivity contribution in [1.29, 1.82) is 0 Å². The average Bonchev–Trinajstić information content (AvgIpc) is 2.63. The molecular formula is C16H22N2O4S. The number of benzene rings is 1. The zero-order valence-electron chi connectivity index (χ0n) is 13.5. The van der Waals surface area contributed by atoms with Gasteiger partial charge in [0.25, 0.3) is 15.9 Å². The maximum absolute atomic E-state index is 12.3. The molecule has 0 atom stereocenters. The van der Waals surface area contributed by atoms with E-state index >= 15 is 0 Å². The van der Waals surface area contributed by atoms with Gasteiger partial charge >= 0.3 is 0 Å². The SMILES string of the molecule is Cc1ccc(S(=O)(=O)NC(=O)CN2CCCCCC2=O)c(C)c1. The van der Waals surface area contributed by atoms with Crippen LogP contribution in [0.2, 0.25) is 0 Å². The highest BCUT2D eigenvalue weighted by Gasteiger charge is 2.24. The molecule has 2 rings (SSSR count). The van der Waals surface area contributed by atoms with E-state index in [2.05, 4.69) is 4.72 Å². The fourth-order valence-corrected chi connectivity index (χ4v) is 3.92. The van der Waals surface area contributed by atoms with E-state index in [1.165, 1.54) is 11.0 Å². The van der Waals surface area contributed by atoms with Gasteiger partial charge in [0, 0.05) is 13.0 Å². The molecule has 1 fully saturated rings. The van der Waals surface area contributed by atoms with Gasteiger partial charge in [-0.3, -0.25) is 9.59 Å². The molecule has 0 radical (unpaired) electrons. The van der Waals surface area contributed by atoms with Crippen LogP contribution in [0.15, 0.2) is 23.1 Å². The van der Waals surface area contributed by atoms with Crippen LogP contribution in [0.4, 0.5) is 0 Å². The van der Waals surface area contributed by atoms with Gasteiger partial charge in [-0.15, -0.1) is 0 Å². The summed E-state index contributed by atoms with van der Waals surface area (Å²) in [7, 11) is -3.92. The van der Waals surface area contributed by atoms with E-state index in [-0.39, 0.29) is 17.3 Å². The lowest BCUT2D eigenvalue weighted by Crippen LogP contribution is -2.42. The number of aryl methyl sites for hydroxylation is 2. The Morgan fingerprint density at radius 1 is 1.22 bits per heavy atom. The number of sulfonamides is 1. The number of amides is 2. The van der Waals surface area contributed by atoms with Crippen LogP contribution in [-0.4, -0.2) is 38.2 Å². The minimum atomic E-state index is -3.92. The summed E-state index contributed by atoms with van der Waals surface area (Å²) in [6.07, 6.45) is 3.02. The van der Waals surface area contributed by atoms with Gasteiger partial charge in [-0.05, 0) is 38.3 Å². The van der Waals surface area contributed by atoms with Crippen LogP contribution >= 0.6 is 0 Å². The second-order valence-electron chi connectivity index (χ2n) is 5.92. The Labute approximate surface area is 136 Å². The topological polar surface area (TPSA) is 83.6 Å². The normalized spacial score (nSPS) is 16.1. The summed E-state index contributed by atoms with van der Waals surface area (Å²) in [5.74, 6) is -0.776. The van der Waals surface area contributed by atoms with E-state index in [1.807, 2.05) is 6.92 Å². The van der Waals surface area contributed by atoms with Crippen molar-refractivity contribution < 1.29 is 18.0 Å². The number of rotatable bonds is 4. The Balaban J connectivity index is 2.07. The molecule has 0 saturated carbocycles. The summed E-state index contributed by atoms with van der Waals surface area (Å²) in [6, 6.07) is 4.92. The minimum absolute atomic E-state index is 0.0821. The smallest absolute Gasteiger partial charge is 0.264 e. The van der Waals surface area contributed by atoms with Crippen molar-refractivity contribution >= 4 is 21.8 Å². The molecule has 2 amide bonds. The molecule has 126 valence electrons. The number of carbonyl (C=O) groups is 2. The number of hydrogen-bond donors (Lipinski definition) is 1. The zero-order chi connectivity index (χ0) is 17.0. The maximum Gasteiger partial charge on any atom is 0.264 e. The summed E-state index contributed by atoms with van der Waals surface area (Å²) in [6.45, 7) is 3.83. The van der Waals surface area contributed by atoms with Crippen molar-refractivity contribution in [3.05, 3.63) is 29.3 Å². The molecule has 0 bridgehead atoms. The van der Waals surface area contributed by atoms with Crippen LogP contribution in [0.3, 0.4) is 0 Å². The lowest BCUT2D eigenvalue weighted by Gasteiger charge is -2.20. The lowest BCUT2D eigenvalue weighted by atomic mass is 10.2. The average molecular weight is 338 g/mol. The van der Waals surface area contributed by atoms with Gasteiger partial charge in [0.05, 0.1) is 4.90 Å². The Morgan fingerprint density at radius 3 is 2.65 bits per heavy atom. The summed E-state index contributed by atoms with van der Waals surface area (Å²) in [4.78, 5) is 25.4. The first-order chi connectivity index (χ1) is 10.8. The van der Waals surface area contributed by atoms with Crippen molar-refractivity contribution in [1.82, 2.24) is 9.62 Å². The Bertz CT molecular complexity index is 713. The molecule has 6 nitrogen and oxygen atoms in total. The second kappa shape index (κ2) is 7.12. The van der Waals surface area contributed by atoms with Crippen molar-refractivity contribution in [2.45, 2.75) is 44.4 Å². The van der Waals surface area contributed by atoms with E-state index in [0.29, 0.717) is 18.5 Å². The highest BCUT2D eigenvalue weighted by molar-refractivity contribution is 7.90. The number of hydrogen-bond acceptors (Lipinski definition) is 4. The summed E-state index contributed by atoms with van der Waals surface area (Å²) >= 11 is 0. The Morgan fingerprint density at radius 2 is 1.96 bits per heavy atom. The molecule has 0 aliphatic carbocycles. The highest BCUT2D eigenvalue weighted by Crippen LogP contribution is 2.16. The zero-order valence-corrected chi connectivity index (χ0v) is 14.3. The van der Waals surface area contributed by atoms with Gasteiger partial charge in [-0.1, -0.05) is 24.1 Å². The van der Waals surface area contributed by atoms with Crippen LogP contribution in [0.25, 0.3) is 0 Å². The second-order valence-corrected chi connectivity index (χ2v) is 7.57. The van der Waals surface area contributed by atoms with E-state index < -0.39 is 15.9 Å². The van der Waals surface area contributed by atoms with Crippen LogP contribution < -0.4 is 4.72 Å². The summed E-state index contributed by atoms with van der Waals surface area (Å²) in [5, 5.41) is 0. The molecule has 0 aromatic heterocycles. The van der Waals surface area contributed by atoms with E-state index in [1.54, 1.807) is 19.1 Å². The van der Waals surface area contributed by atoms with Gasteiger partial charge < -0.3 is 4.90 Å². The third-order valence-corrected chi connectivity index (χ3v) is 5.41. The van der Waals surface area contributed by atoms with Gasteiger partial charge in [0.2, 0.25) is 5.91 Å². The monoisotopic (exact) mass is 338 g/mol. The molecule has 1 N–H and O–H groups in total. The molecule has 7 heteroatoms. The van der Waals surface area contributed by atoms with Gasteiger partial charge in [-0.2, -0.15) is 0 Å². The van der Waals surface area contributed by atoms with E-state index in [9.17, 15) is 18.0 Å². The van der Waals surface area contributed by atoms with Crippen molar-refractivity contribution in [3.63, 3.8) is 0 Å². The Kier molecular flexibility index (Phi) is 5.41. The minimum Gasteiger partial charge on any atom is -0.333 e. The van der Waals surface area contributed by atoms with Crippen LogP contribution in [0.5, 0.6) is 0 Å². The van der Waals surface area contributed by atoms with Crippen LogP contribution in [-0.2, 0) is 19.6 Å². The van der Waals surface area contributed by atoms with Crippen molar-refractivity contribution in [2.75, 3.05) is 13.1 Å². The quantitative estimate of drug-likeness (QED) is 0.902. The van der Waals surface area contributed by atoms with Gasteiger partial charge in [0.15, 0.2) is 0 Å². The molecule has 1 aliphatic heterocycles. The molecule has 1 aromatic carbocycles. The predicted molar refractivity (Wildman–Crippen MR) is 86.3 cm³/mol. The third kappa shape index (κ3) is 4.54. The predicted octanol–water partition coefficient (Wildman–Crippen LogP) is 1.51. The third-order valence-electron chi connectivity index (χ3n) is 3.87. The van der Waals surface area contributed by atoms with Gasteiger partial charge in [0.1, 0.15) is 6.54 Å². The first kappa shape index (κ1) is 17.5. The molecule has 1 heterocycles. The molecule has 0 unspecified atom stereocenters. The lowest BCUT2D eigenvalue weighted by molar-refractivity contribution is -0.135. The molecule has 1 aliphatic rings. The highest BCUT2D eigenvalue weighted by atomic mass is 32.2. The van der Waals surface area contributed by atoms with Crippen molar-refractivity contribution in [2.24, 2.45) is 0 Å². The van der Waals surface area contributed by atoms with Crippen LogP contribution in [0, 0.1) is 13.8 Å². The van der Waals surface area contributed by atoms with Crippen molar-refractivity contribution in [3.8, 4) is 0 Å². The first-order valence-electron chi connectivity index (χ1n) is 7.70. The molecule has 23 heavy (non-hydrogen) atoms. The molecule has 0 spiro atoms. The molecular weight excluding hydrogens is 316 g/mol. The molecule has 1 saturated heterocycles. The summed E-state index contributed by atoms with van der Waals surface area (Å²) < 4.78 is 26.7. The maximum atomic E-state index is 12.3. The number of nitrogens with one attached hydrogen (secondary N) is 1. The number of carbonyl (C=O) groups excluding carboxylic acids is 2.